The maximum absolute atomic E-state index is 5.80. The zero-order valence-electron chi connectivity index (χ0n) is 8.68. The zero-order valence-corrected chi connectivity index (χ0v) is 9.83. The third kappa shape index (κ3) is 3.28. The molecule has 1 heterocycles. The van der Waals surface area contributed by atoms with Crippen LogP contribution in [-0.4, -0.2) is 21.1 Å². The number of hydrogen-bond acceptors (Lipinski definition) is 1. The van der Waals surface area contributed by atoms with Crippen LogP contribution in [0.1, 0.15) is 33.1 Å². The summed E-state index contributed by atoms with van der Waals surface area (Å²) >= 11 is 0. The molecule has 0 amide bonds. The zero-order chi connectivity index (χ0) is 8.97. The van der Waals surface area contributed by atoms with Crippen molar-refractivity contribution in [2.24, 2.45) is 5.92 Å². The highest BCUT2D eigenvalue weighted by molar-refractivity contribution is 6.58. The Labute approximate surface area is 78.1 Å². The Bertz CT molecular complexity index is 119. The first-order valence-electron chi connectivity index (χ1n) is 5.31. The van der Waals surface area contributed by atoms with Gasteiger partial charge < -0.3 is 4.74 Å². The van der Waals surface area contributed by atoms with Gasteiger partial charge in [0, 0.05) is 12.3 Å². The predicted octanol–water partition coefficient (Wildman–Crippen LogP) is 2.61. The highest BCUT2D eigenvalue weighted by Crippen LogP contribution is 2.19. The van der Waals surface area contributed by atoms with Gasteiger partial charge in [-0.2, -0.15) is 0 Å². The van der Waals surface area contributed by atoms with Crippen LogP contribution in [0.5, 0.6) is 0 Å². The van der Waals surface area contributed by atoms with E-state index in [4.69, 9.17) is 4.74 Å². The van der Waals surface area contributed by atoms with Crippen molar-refractivity contribution >= 4 is 8.80 Å². The van der Waals surface area contributed by atoms with Gasteiger partial charge in [-0.3, -0.25) is 0 Å². The Morgan fingerprint density at radius 2 is 2.17 bits per heavy atom. The Hall–Kier alpha value is 0.177. The molecule has 0 aromatic rings. The smallest absolute Gasteiger partial charge is 0.0689 e. The van der Waals surface area contributed by atoms with E-state index >= 15 is 0 Å². The van der Waals surface area contributed by atoms with E-state index < -0.39 is 8.80 Å². The molecule has 0 aromatic carbocycles. The molecule has 0 N–H and O–H groups in total. The van der Waals surface area contributed by atoms with Crippen molar-refractivity contribution < 1.29 is 4.74 Å². The van der Waals surface area contributed by atoms with Gasteiger partial charge in [0.15, 0.2) is 0 Å². The molecule has 12 heavy (non-hydrogen) atoms. The quantitative estimate of drug-likeness (QED) is 0.616. The number of hydrogen-bond donors (Lipinski definition) is 0. The maximum atomic E-state index is 5.80. The lowest BCUT2D eigenvalue weighted by molar-refractivity contribution is 0.0623. The van der Waals surface area contributed by atoms with Crippen LogP contribution < -0.4 is 0 Å². The van der Waals surface area contributed by atoms with Crippen molar-refractivity contribution in [3.63, 3.8) is 0 Å². The third-order valence-corrected chi connectivity index (χ3v) is 6.17. The standard InChI is InChI=1S/C10H22OSi/c1-9(2)8-12(3)10-6-4-5-7-11-10/h9-10,12H,4-8H2,1-3H3. The second kappa shape index (κ2) is 5.03. The summed E-state index contributed by atoms with van der Waals surface area (Å²) in [6.07, 6.45) is 4.04. The van der Waals surface area contributed by atoms with Crippen LogP contribution >= 0.6 is 0 Å². The molecule has 0 spiro atoms. The van der Waals surface area contributed by atoms with Gasteiger partial charge in [0.2, 0.25) is 0 Å². The third-order valence-electron chi connectivity index (χ3n) is 2.69. The molecular weight excluding hydrogens is 164 g/mol. The van der Waals surface area contributed by atoms with E-state index in [9.17, 15) is 0 Å². The fraction of sp³-hybridized carbons (Fsp3) is 1.00. The van der Waals surface area contributed by atoms with Crippen LogP contribution in [0.3, 0.4) is 0 Å². The molecule has 72 valence electrons. The Balaban J connectivity index is 2.24. The summed E-state index contributed by atoms with van der Waals surface area (Å²) in [6, 6.07) is 1.45. The van der Waals surface area contributed by atoms with Crippen LogP contribution in [0, 0.1) is 5.92 Å². The van der Waals surface area contributed by atoms with Crippen LogP contribution in [-0.2, 0) is 4.74 Å². The first-order valence-corrected chi connectivity index (χ1v) is 7.95. The van der Waals surface area contributed by atoms with Crippen molar-refractivity contribution in [1.29, 1.82) is 0 Å². The van der Waals surface area contributed by atoms with Crippen LogP contribution in [0.25, 0.3) is 0 Å². The maximum Gasteiger partial charge on any atom is 0.0689 e. The minimum absolute atomic E-state index is 0.564. The SMILES string of the molecule is CC(C)C[SiH](C)C1CCCCO1. The van der Waals surface area contributed by atoms with Crippen molar-refractivity contribution in [1.82, 2.24) is 0 Å². The average molecular weight is 186 g/mol. The lowest BCUT2D eigenvalue weighted by atomic mass is 10.2. The fourth-order valence-electron chi connectivity index (χ4n) is 2.11. The molecule has 0 bridgehead atoms. The first kappa shape index (κ1) is 10.3. The minimum Gasteiger partial charge on any atom is -0.382 e. The molecule has 1 aliphatic rings. The fourth-order valence-corrected chi connectivity index (χ4v) is 5.17. The summed E-state index contributed by atoms with van der Waals surface area (Å²) in [6.45, 7) is 8.15. The van der Waals surface area contributed by atoms with Crippen molar-refractivity contribution in [2.45, 2.75) is 51.4 Å². The van der Waals surface area contributed by atoms with Crippen LogP contribution in [0.2, 0.25) is 12.6 Å². The molecule has 2 unspecified atom stereocenters. The van der Waals surface area contributed by atoms with E-state index in [2.05, 4.69) is 20.4 Å². The van der Waals surface area contributed by atoms with E-state index in [1.54, 1.807) is 0 Å². The first-order chi connectivity index (χ1) is 5.70. The summed E-state index contributed by atoms with van der Waals surface area (Å²) in [4.78, 5) is 0. The van der Waals surface area contributed by atoms with Crippen molar-refractivity contribution in [3.8, 4) is 0 Å². The summed E-state index contributed by atoms with van der Waals surface area (Å²) in [7, 11) is -0.564. The molecule has 1 saturated heterocycles. The summed E-state index contributed by atoms with van der Waals surface area (Å²) < 4.78 is 5.80. The number of ether oxygens (including phenoxy) is 1. The van der Waals surface area contributed by atoms with Gasteiger partial charge in [-0.05, 0) is 25.2 Å². The monoisotopic (exact) mass is 186 g/mol. The average Bonchev–Trinajstić information content (AvgIpc) is 2.05. The molecule has 1 nitrogen and oxygen atoms in total. The van der Waals surface area contributed by atoms with Gasteiger partial charge in [-0.1, -0.05) is 26.4 Å². The van der Waals surface area contributed by atoms with Crippen LogP contribution in [0.4, 0.5) is 0 Å². The van der Waals surface area contributed by atoms with Gasteiger partial charge in [-0.25, -0.2) is 0 Å². The van der Waals surface area contributed by atoms with Crippen LogP contribution in [0.15, 0.2) is 0 Å². The molecule has 1 fully saturated rings. The van der Waals surface area contributed by atoms with Gasteiger partial charge >= 0.3 is 0 Å². The van der Waals surface area contributed by atoms with E-state index in [-0.39, 0.29) is 0 Å². The second-order valence-electron chi connectivity index (χ2n) is 4.51. The molecule has 2 atom stereocenters. The van der Waals surface area contributed by atoms with Crippen molar-refractivity contribution in [3.05, 3.63) is 0 Å². The van der Waals surface area contributed by atoms with E-state index in [1.807, 2.05) is 0 Å². The highest BCUT2D eigenvalue weighted by atomic mass is 28.3. The molecule has 1 rings (SSSR count). The number of rotatable bonds is 3. The summed E-state index contributed by atoms with van der Waals surface area (Å²) in [5.74, 6) is 0.872. The van der Waals surface area contributed by atoms with Gasteiger partial charge in [0.25, 0.3) is 0 Å². The normalized spacial score (nSPS) is 27.5. The van der Waals surface area contributed by atoms with E-state index in [1.165, 1.54) is 25.3 Å². The highest BCUT2D eigenvalue weighted by Gasteiger charge is 2.22. The molecule has 0 saturated carbocycles. The minimum atomic E-state index is -0.564. The molecule has 0 aromatic heterocycles. The molecule has 1 aliphatic heterocycles. The Morgan fingerprint density at radius 1 is 1.42 bits per heavy atom. The van der Waals surface area contributed by atoms with E-state index in [0.29, 0.717) is 5.73 Å². The molecule has 0 aliphatic carbocycles. The molecular formula is C10H22OSi. The van der Waals surface area contributed by atoms with E-state index in [0.717, 1.165) is 12.5 Å². The summed E-state index contributed by atoms with van der Waals surface area (Å²) in [5.41, 5.74) is 0.696. The summed E-state index contributed by atoms with van der Waals surface area (Å²) in [5, 5.41) is 0. The van der Waals surface area contributed by atoms with Gasteiger partial charge in [0.05, 0.1) is 8.80 Å². The molecule has 0 radical (unpaired) electrons. The molecule has 2 heteroatoms. The van der Waals surface area contributed by atoms with Crippen molar-refractivity contribution in [2.75, 3.05) is 6.61 Å². The Morgan fingerprint density at radius 3 is 2.67 bits per heavy atom. The van der Waals surface area contributed by atoms with Gasteiger partial charge in [0.1, 0.15) is 0 Å². The van der Waals surface area contributed by atoms with Gasteiger partial charge in [-0.15, -0.1) is 0 Å². The Kier molecular flexibility index (Phi) is 4.30. The largest absolute Gasteiger partial charge is 0.382 e. The second-order valence-corrected chi connectivity index (χ2v) is 7.68. The topological polar surface area (TPSA) is 9.23 Å². The predicted molar refractivity (Wildman–Crippen MR) is 56.2 cm³/mol. The lowest BCUT2D eigenvalue weighted by Gasteiger charge is -2.28. The lowest BCUT2D eigenvalue weighted by Crippen LogP contribution is -2.34.